The van der Waals surface area contributed by atoms with E-state index >= 15 is 0 Å². The molecule has 1 aliphatic rings. The summed E-state index contributed by atoms with van der Waals surface area (Å²) in [5.74, 6) is 0.0427. The number of carbonyl (C=O) groups is 1. The molecule has 1 aliphatic heterocycles. The third kappa shape index (κ3) is 3.45. The van der Waals surface area contributed by atoms with Gasteiger partial charge in [0.05, 0.1) is 5.56 Å². The lowest BCUT2D eigenvalue weighted by atomic mass is 10.1. The van der Waals surface area contributed by atoms with Crippen LogP contribution in [-0.2, 0) is 0 Å². The molecule has 1 aromatic carbocycles. The highest BCUT2D eigenvalue weighted by molar-refractivity contribution is 14.1. The van der Waals surface area contributed by atoms with Gasteiger partial charge >= 0.3 is 0 Å². The summed E-state index contributed by atoms with van der Waals surface area (Å²) in [6, 6.07) is 6.44. The van der Waals surface area contributed by atoms with Crippen LogP contribution < -0.4 is 10.6 Å². The molecule has 0 aliphatic carbocycles. The van der Waals surface area contributed by atoms with Crippen LogP contribution in [0.5, 0.6) is 0 Å². The maximum Gasteiger partial charge on any atom is 0.252 e. The molecular formula is C14H19IN2O. The number of benzene rings is 1. The Bertz CT molecular complexity index is 428. The first kappa shape index (κ1) is 13.8. The van der Waals surface area contributed by atoms with Crippen LogP contribution in [0.2, 0.25) is 0 Å². The zero-order chi connectivity index (χ0) is 13.0. The Balaban J connectivity index is 1.85. The Labute approximate surface area is 122 Å². The number of carbonyl (C=O) groups excluding carboxylic acids is 1. The highest BCUT2D eigenvalue weighted by atomic mass is 127. The first-order chi connectivity index (χ1) is 8.68. The highest BCUT2D eigenvalue weighted by Gasteiger charge is 2.15. The number of amides is 1. The van der Waals surface area contributed by atoms with Crippen molar-refractivity contribution in [1.82, 2.24) is 10.6 Å². The molecule has 0 unspecified atom stereocenters. The van der Waals surface area contributed by atoms with E-state index in [4.69, 9.17) is 0 Å². The van der Waals surface area contributed by atoms with Crippen molar-refractivity contribution in [2.24, 2.45) is 0 Å². The van der Waals surface area contributed by atoms with Gasteiger partial charge in [-0.3, -0.25) is 4.79 Å². The normalized spacial score (nSPS) is 18.9. The Morgan fingerprint density at radius 3 is 3.11 bits per heavy atom. The molecule has 0 saturated carbocycles. The Hall–Kier alpha value is -0.620. The Kier molecular flexibility index (Phi) is 5.00. The lowest BCUT2D eigenvalue weighted by Crippen LogP contribution is -2.31. The van der Waals surface area contributed by atoms with Gasteiger partial charge in [-0.05, 0) is 67.0 Å². The zero-order valence-electron chi connectivity index (χ0n) is 10.6. The van der Waals surface area contributed by atoms with Gasteiger partial charge in [0.25, 0.3) is 5.91 Å². The first-order valence-corrected chi connectivity index (χ1v) is 7.53. The summed E-state index contributed by atoms with van der Waals surface area (Å²) < 4.78 is 1.05. The van der Waals surface area contributed by atoms with Gasteiger partial charge in [-0.15, -0.1) is 0 Å². The van der Waals surface area contributed by atoms with E-state index in [9.17, 15) is 4.79 Å². The van der Waals surface area contributed by atoms with Gasteiger partial charge in [0, 0.05) is 16.2 Å². The van der Waals surface area contributed by atoms with E-state index in [1.54, 1.807) is 0 Å². The second-order valence-electron chi connectivity index (χ2n) is 4.77. The zero-order valence-corrected chi connectivity index (χ0v) is 12.8. The third-order valence-electron chi connectivity index (χ3n) is 3.38. The van der Waals surface area contributed by atoms with Crippen LogP contribution in [0.4, 0.5) is 0 Å². The molecule has 0 spiro atoms. The number of aryl methyl sites for hydroxylation is 1. The molecule has 1 heterocycles. The minimum absolute atomic E-state index is 0.0427. The van der Waals surface area contributed by atoms with E-state index in [0.29, 0.717) is 6.04 Å². The van der Waals surface area contributed by atoms with E-state index in [1.165, 1.54) is 12.8 Å². The van der Waals surface area contributed by atoms with Gasteiger partial charge in [-0.25, -0.2) is 0 Å². The monoisotopic (exact) mass is 358 g/mol. The minimum Gasteiger partial charge on any atom is -0.352 e. The lowest BCUT2D eigenvalue weighted by molar-refractivity contribution is 0.0951. The van der Waals surface area contributed by atoms with E-state index in [2.05, 4.69) is 33.2 Å². The van der Waals surface area contributed by atoms with Crippen LogP contribution >= 0.6 is 22.6 Å². The van der Waals surface area contributed by atoms with Gasteiger partial charge < -0.3 is 10.6 Å². The van der Waals surface area contributed by atoms with Crippen molar-refractivity contribution in [3.63, 3.8) is 0 Å². The van der Waals surface area contributed by atoms with Crippen LogP contribution in [-0.4, -0.2) is 25.0 Å². The number of hydrogen-bond donors (Lipinski definition) is 2. The summed E-state index contributed by atoms with van der Waals surface area (Å²) in [6.45, 7) is 3.90. The topological polar surface area (TPSA) is 41.1 Å². The van der Waals surface area contributed by atoms with Gasteiger partial charge in [0.1, 0.15) is 0 Å². The molecule has 1 fully saturated rings. The van der Waals surface area contributed by atoms with Crippen LogP contribution in [0, 0.1) is 10.5 Å². The average molecular weight is 358 g/mol. The molecule has 4 heteroatoms. The van der Waals surface area contributed by atoms with Crippen LogP contribution in [0.15, 0.2) is 18.2 Å². The summed E-state index contributed by atoms with van der Waals surface area (Å²) in [6.07, 6.45) is 3.51. The standard InChI is InChI=1S/C14H19IN2O/c1-10-4-2-6-12(13(10)15)14(18)17-9-7-11-5-3-8-16-11/h2,4,6,11,16H,3,5,7-9H2,1H3,(H,17,18)/t11-/m0/s1. The summed E-state index contributed by atoms with van der Waals surface area (Å²) >= 11 is 2.24. The SMILES string of the molecule is Cc1cccc(C(=O)NCC[C@@H]2CCCN2)c1I. The molecule has 1 amide bonds. The van der Waals surface area contributed by atoms with Crippen LogP contribution in [0.25, 0.3) is 0 Å². The van der Waals surface area contributed by atoms with Crippen molar-refractivity contribution >= 4 is 28.5 Å². The molecular weight excluding hydrogens is 339 g/mol. The van der Waals surface area contributed by atoms with Gasteiger partial charge in [-0.2, -0.15) is 0 Å². The van der Waals surface area contributed by atoms with Crippen molar-refractivity contribution in [3.8, 4) is 0 Å². The number of hydrogen-bond acceptors (Lipinski definition) is 2. The number of halogens is 1. The van der Waals surface area contributed by atoms with Gasteiger partial charge in [-0.1, -0.05) is 12.1 Å². The van der Waals surface area contributed by atoms with E-state index in [0.717, 1.165) is 34.2 Å². The molecule has 18 heavy (non-hydrogen) atoms. The fraction of sp³-hybridized carbons (Fsp3) is 0.500. The van der Waals surface area contributed by atoms with E-state index in [1.807, 2.05) is 25.1 Å². The second kappa shape index (κ2) is 6.52. The third-order valence-corrected chi connectivity index (χ3v) is 4.81. The van der Waals surface area contributed by atoms with Crippen molar-refractivity contribution < 1.29 is 4.79 Å². The minimum atomic E-state index is 0.0427. The predicted octanol–water partition coefficient (Wildman–Crippen LogP) is 2.47. The van der Waals surface area contributed by atoms with Gasteiger partial charge in [0.15, 0.2) is 0 Å². The van der Waals surface area contributed by atoms with Crippen molar-refractivity contribution in [2.75, 3.05) is 13.1 Å². The average Bonchev–Trinajstić information content (AvgIpc) is 2.85. The van der Waals surface area contributed by atoms with Crippen molar-refractivity contribution in [3.05, 3.63) is 32.9 Å². The maximum absolute atomic E-state index is 12.1. The molecule has 98 valence electrons. The number of rotatable bonds is 4. The lowest BCUT2D eigenvalue weighted by Gasteiger charge is -2.12. The molecule has 2 rings (SSSR count). The molecule has 0 bridgehead atoms. The van der Waals surface area contributed by atoms with Crippen LogP contribution in [0.3, 0.4) is 0 Å². The van der Waals surface area contributed by atoms with E-state index in [-0.39, 0.29) is 5.91 Å². The van der Waals surface area contributed by atoms with Gasteiger partial charge in [0.2, 0.25) is 0 Å². The smallest absolute Gasteiger partial charge is 0.252 e. The molecule has 3 nitrogen and oxygen atoms in total. The quantitative estimate of drug-likeness (QED) is 0.812. The summed E-state index contributed by atoms with van der Waals surface area (Å²) in [7, 11) is 0. The molecule has 0 radical (unpaired) electrons. The van der Waals surface area contributed by atoms with E-state index < -0.39 is 0 Å². The fourth-order valence-corrected chi connectivity index (χ4v) is 2.89. The summed E-state index contributed by atoms with van der Waals surface area (Å²) in [5.41, 5.74) is 1.94. The Morgan fingerprint density at radius 2 is 2.39 bits per heavy atom. The highest BCUT2D eigenvalue weighted by Crippen LogP contribution is 2.16. The largest absolute Gasteiger partial charge is 0.352 e. The molecule has 1 atom stereocenters. The summed E-state index contributed by atoms with van der Waals surface area (Å²) in [5, 5.41) is 6.45. The van der Waals surface area contributed by atoms with Crippen molar-refractivity contribution in [2.45, 2.75) is 32.2 Å². The number of nitrogens with one attached hydrogen (secondary N) is 2. The molecule has 1 aromatic rings. The first-order valence-electron chi connectivity index (χ1n) is 6.45. The molecule has 1 saturated heterocycles. The molecule has 0 aromatic heterocycles. The predicted molar refractivity (Wildman–Crippen MR) is 81.9 cm³/mol. The van der Waals surface area contributed by atoms with Crippen LogP contribution in [0.1, 0.15) is 35.2 Å². The van der Waals surface area contributed by atoms with Crippen molar-refractivity contribution in [1.29, 1.82) is 0 Å². The summed E-state index contributed by atoms with van der Waals surface area (Å²) in [4.78, 5) is 12.1. The maximum atomic E-state index is 12.1. The fourth-order valence-electron chi connectivity index (χ4n) is 2.28. The Morgan fingerprint density at radius 1 is 1.56 bits per heavy atom. The second-order valence-corrected chi connectivity index (χ2v) is 5.85. The molecule has 2 N–H and O–H groups in total.